The zero-order chi connectivity index (χ0) is 17.1. The van der Waals surface area contributed by atoms with Gasteiger partial charge in [-0.1, -0.05) is 6.92 Å². The van der Waals surface area contributed by atoms with E-state index in [4.69, 9.17) is 4.74 Å². The number of carbonyl (C=O) groups excluding carboxylic acids is 1. The molecule has 0 aliphatic heterocycles. The zero-order valence-corrected chi connectivity index (χ0v) is 14.2. The number of hydrogen-bond acceptors (Lipinski definition) is 5. The van der Waals surface area contributed by atoms with Crippen LogP contribution in [0.2, 0.25) is 0 Å². The summed E-state index contributed by atoms with van der Waals surface area (Å²) in [5.74, 6) is 0. The van der Waals surface area contributed by atoms with Crippen LogP contribution in [0.5, 0.6) is 0 Å². The number of ether oxygens (including phenoxy) is 1. The predicted octanol–water partition coefficient (Wildman–Crippen LogP) is 1.70. The zero-order valence-electron chi connectivity index (χ0n) is 13.4. The van der Waals surface area contributed by atoms with Gasteiger partial charge in [0.05, 0.1) is 6.04 Å². The Bertz CT molecular complexity index is 650. The van der Waals surface area contributed by atoms with Gasteiger partial charge in [-0.25, -0.2) is 13.2 Å². The van der Waals surface area contributed by atoms with Crippen molar-refractivity contribution in [2.24, 2.45) is 0 Å². The molecule has 124 valence electrons. The minimum Gasteiger partial charge on any atom is -0.618 e. The van der Waals surface area contributed by atoms with Crippen molar-refractivity contribution in [3.05, 3.63) is 29.1 Å². The molecule has 8 heteroatoms. The van der Waals surface area contributed by atoms with Crippen LogP contribution in [0, 0.1) is 5.21 Å². The summed E-state index contributed by atoms with van der Waals surface area (Å²) in [4.78, 5) is 11.8. The molecular weight excluding hydrogens is 308 g/mol. The van der Waals surface area contributed by atoms with Crippen LogP contribution in [-0.4, -0.2) is 26.4 Å². The van der Waals surface area contributed by atoms with E-state index in [1.165, 1.54) is 12.1 Å². The van der Waals surface area contributed by atoms with Crippen molar-refractivity contribution in [3.63, 3.8) is 0 Å². The molecule has 0 aliphatic carbocycles. The predicted molar refractivity (Wildman–Crippen MR) is 80.9 cm³/mol. The summed E-state index contributed by atoms with van der Waals surface area (Å²) in [6.07, 6.45) is 2.00. The first-order valence-corrected chi connectivity index (χ1v) is 8.76. The molecule has 0 saturated carbocycles. The van der Waals surface area contributed by atoms with Crippen LogP contribution in [0.4, 0.5) is 4.79 Å². The largest absolute Gasteiger partial charge is 0.618 e. The maximum atomic E-state index is 11.8. The maximum absolute atomic E-state index is 11.8. The highest BCUT2D eigenvalue weighted by Crippen LogP contribution is 2.19. The van der Waals surface area contributed by atoms with E-state index in [1.54, 1.807) is 20.8 Å². The Morgan fingerprint density at radius 1 is 1.45 bits per heavy atom. The van der Waals surface area contributed by atoms with Crippen molar-refractivity contribution >= 4 is 15.9 Å². The van der Waals surface area contributed by atoms with Crippen molar-refractivity contribution < 1.29 is 22.7 Å². The lowest BCUT2D eigenvalue weighted by molar-refractivity contribution is -0.646. The Balaban J connectivity index is 3.04. The molecule has 0 spiro atoms. The fourth-order valence-electron chi connectivity index (χ4n) is 1.84. The van der Waals surface area contributed by atoms with Gasteiger partial charge in [0.2, 0.25) is 9.84 Å². The first-order chi connectivity index (χ1) is 9.94. The molecule has 0 aromatic carbocycles. The van der Waals surface area contributed by atoms with E-state index in [9.17, 15) is 18.4 Å². The van der Waals surface area contributed by atoms with Crippen molar-refractivity contribution in [1.82, 2.24) is 5.32 Å². The molecule has 1 atom stereocenters. The van der Waals surface area contributed by atoms with Gasteiger partial charge in [0.15, 0.2) is 6.20 Å². The van der Waals surface area contributed by atoms with E-state index in [0.29, 0.717) is 16.7 Å². The van der Waals surface area contributed by atoms with E-state index >= 15 is 0 Å². The van der Waals surface area contributed by atoms with Crippen LogP contribution in [0.3, 0.4) is 0 Å². The molecule has 22 heavy (non-hydrogen) atoms. The average molecular weight is 330 g/mol. The molecule has 0 fully saturated rings. The summed E-state index contributed by atoms with van der Waals surface area (Å²) < 4.78 is 28.7. The van der Waals surface area contributed by atoms with Crippen LogP contribution in [-0.2, 0) is 14.6 Å². The summed E-state index contributed by atoms with van der Waals surface area (Å²) in [6.45, 7) is 7.08. The van der Waals surface area contributed by atoms with Gasteiger partial charge in [-0.2, -0.15) is 4.73 Å². The Morgan fingerprint density at radius 2 is 2.05 bits per heavy atom. The first-order valence-electron chi connectivity index (χ1n) is 6.86. The summed E-state index contributed by atoms with van der Waals surface area (Å²) in [5, 5.41) is 13.9. The summed E-state index contributed by atoms with van der Waals surface area (Å²) >= 11 is 0. The molecule has 1 N–H and O–H groups in total. The lowest BCUT2D eigenvalue weighted by atomic mass is 10.1. The highest BCUT2D eigenvalue weighted by molar-refractivity contribution is 7.90. The second-order valence-electron chi connectivity index (χ2n) is 6.00. The molecule has 7 nitrogen and oxygen atoms in total. The van der Waals surface area contributed by atoms with E-state index in [1.807, 2.05) is 6.92 Å². The van der Waals surface area contributed by atoms with Crippen LogP contribution < -0.4 is 10.0 Å². The molecular formula is C14H22N2O5S. The molecule has 1 aromatic rings. The second kappa shape index (κ2) is 6.51. The molecule has 1 aromatic heterocycles. The minimum absolute atomic E-state index is 0.291. The van der Waals surface area contributed by atoms with E-state index in [0.717, 1.165) is 12.5 Å². The van der Waals surface area contributed by atoms with Gasteiger partial charge >= 0.3 is 11.1 Å². The second-order valence-corrected chi connectivity index (χ2v) is 7.97. The quantitative estimate of drug-likeness (QED) is 0.669. The lowest BCUT2D eigenvalue weighted by Gasteiger charge is -2.23. The third-order valence-electron chi connectivity index (χ3n) is 2.79. The Hall–Kier alpha value is -1.83. The summed E-state index contributed by atoms with van der Waals surface area (Å²) in [6, 6.07) is 2.30. The summed E-state index contributed by atoms with van der Waals surface area (Å²) in [5.41, 5.74) is -0.101. The number of aromatic nitrogens is 1. The fourth-order valence-corrected chi connectivity index (χ4v) is 2.58. The Morgan fingerprint density at radius 3 is 2.50 bits per heavy atom. The summed E-state index contributed by atoms with van der Waals surface area (Å²) in [7, 11) is -3.65. The van der Waals surface area contributed by atoms with Crippen LogP contribution in [0.1, 0.15) is 45.7 Å². The molecule has 0 saturated heterocycles. The van der Waals surface area contributed by atoms with E-state index < -0.39 is 27.6 Å². The molecule has 1 amide bonds. The Labute approximate surface area is 130 Å². The minimum atomic E-state index is -3.65. The normalized spacial score (nSPS) is 13.5. The molecule has 0 radical (unpaired) electrons. The number of pyridine rings is 1. The topological polar surface area (TPSA) is 99.4 Å². The van der Waals surface area contributed by atoms with Crippen LogP contribution in [0.25, 0.3) is 0 Å². The number of amides is 1. The number of alkyl carbamates (subject to hydrolysis) is 1. The van der Waals surface area contributed by atoms with Gasteiger partial charge in [-0.15, -0.1) is 0 Å². The Kier molecular flexibility index (Phi) is 5.39. The smallest absolute Gasteiger partial charge is 0.408 e. The van der Waals surface area contributed by atoms with E-state index in [2.05, 4.69) is 5.32 Å². The van der Waals surface area contributed by atoms with Gasteiger partial charge in [0.1, 0.15) is 5.60 Å². The van der Waals surface area contributed by atoms with Crippen LogP contribution in [0.15, 0.2) is 23.4 Å². The lowest BCUT2D eigenvalue weighted by Crippen LogP contribution is -2.36. The van der Waals surface area contributed by atoms with Crippen molar-refractivity contribution in [1.29, 1.82) is 0 Å². The monoisotopic (exact) mass is 330 g/mol. The van der Waals surface area contributed by atoms with E-state index in [-0.39, 0.29) is 5.03 Å². The van der Waals surface area contributed by atoms with Gasteiger partial charge in [-0.3, -0.25) is 0 Å². The third kappa shape index (κ3) is 5.18. The number of nitrogens with zero attached hydrogens (tertiary/aromatic N) is 1. The van der Waals surface area contributed by atoms with Crippen molar-refractivity contribution in [3.8, 4) is 0 Å². The number of nitrogens with one attached hydrogen (secondary N) is 1. The van der Waals surface area contributed by atoms with Gasteiger partial charge in [-0.05, 0) is 32.8 Å². The van der Waals surface area contributed by atoms with Crippen LogP contribution >= 0.6 is 0 Å². The molecule has 1 heterocycles. The highest BCUT2D eigenvalue weighted by Gasteiger charge is 2.24. The highest BCUT2D eigenvalue weighted by atomic mass is 32.2. The molecule has 0 unspecified atom stereocenters. The molecule has 0 bridgehead atoms. The average Bonchev–Trinajstić information content (AvgIpc) is 2.33. The maximum Gasteiger partial charge on any atom is 0.408 e. The number of sulfone groups is 1. The number of carbonyl (C=O) groups is 1. The SMILES string of the molecule is CC[C@H](NC(=O)OC(C)(C)C)c1cc[n+]([O-])c(S(C)(=O)=O)c1. The number of rotatable bonds is 4. The number of hydrogen-bond donors (Lipinski definition) is 1. The van der Waals surface area contributed by atoms with Crippen molar-refractivity contribution in [2.75, 3.05) is 6.26 Å². The first kappa shape index (κ1) is 18.2. The molecule has 1 rings (SSSR count). The van der Waals surface area contributed by atoms with Gasteiger partial charge in [0, 0.05) is 18.4 Å². The molecule has 0 aliphatic rings. The third-order valence-corrected chi connectivity index (χ3v) is 3.85. The fraction of sp³-hybridized carbons (Fsp3) is 0.571. The van der Waals surface area contributed by atoms with Gasteiger partial charge in [0.25, 0.3) is 0 Å². The van der Waals surface area contributed by atoms with Crippen molar-refractivity contribution in [2.45, 2.75) is 50.8 Å². The van der Waals surface area contributed by atoms with Gasteiger partial charge < -0.3 is 15.3 Å². The standard InChI is InChI=1S/C14H22N2O5S/c1-6-11(15-13(17)21-14(2,3)4)10-7-8-16(18)12(9-10)22(5,19)20/h7-9,11H,6H2,1-5H3,(H,15,17)/t11-/m0/s1.